The summed E-state index contributed by atoms with van der Waals surface area (Å²) in [5, 5.41) is 2.28. The van der Waals surface area contributed by atoms with Crippen LogP contribution in [0, 0.1) is 12.7 Å². The Kier molecular flexibility index (Phi) is 4.05. The Bertz CT molecular complexity index is 607. The highest BCUT2D eigenvalue weighted by Crippen LogP contribution is 2.29. The van der Waals surface area contributed by atoms with E-state index in [0.29, 0.717) is 9.90 Å². The molecule has 0 bridgehead atoms. The summed E-state index contributed by atoms with van der Waals surface area (Å²) >= 11 is 13.0. The lowest BCUT2D eigenvalue weighted by Crippen LogP contribution is -2.04. The number of hydrogen-bond donors (Lipinski definition) is 0. The van der Waals surface area contributed by atoms with Gasteiger partial charge >= 0.3 is 0 Å². The quantitative estimate of drug-likeness (QED) is 0.735. The van der Waals surface area contributed by atoms with Crippen molar-refractivity contribution in [3.8, 4) is 0 Å². The number of rotatable bonds is 3. The van der Waals surface area contributed by atoms with Crippen LogP contribution in [0.3, 0.4) is 0 Å². The van der Waals surface area contributed by atoms with Crippen LogP contribution >= 0.6 is 34.5 Å². The molecule has 0 fully saturated rings. The Hall–Kier alpha value is -0.900. The zero-order chi connectivity index (χ0) is 13.3. The average Bonchev–Trinajstić information content (AvgIpc) is 2.66. The topological polar surface area (TPSA) is 17.1 Å². The van der Waals surface area contributed by atoms with Crippen LogP contribution in [-0.2, 0) is 6.42 Å². The van der Waals surface area contributed by atoms with Crippen molar-refractivity contribution in [2.24, 2.45) is 0 Å². The minimum Gasteiger partial charge on any atom is -0.293 e. The molecule has 0 amide bonds. The number of benzene rings is 1. The molecule has 0 unspecified atom stereocenters. The molecule has 18 heavy (non-hydrogen) atoms. The first-order chi connectivity index (χ1) is 8.50. The molecule has 0 aliphatic rings. The lowest BCUT2D eigenvalue weighted by molar-refractivity contribution is 0.0996. The van der Waals surface area contributed by atoms with Crippen LogP contribution in [0.25, 0.3) is 0 Å². The minimum absolute atomic E-state index is 0.0220. The van der Waals surface area contributed by atoms with Crippen molar-refractivity contribution in [3.05, 3.63) is 55.4 Å². The van der Waals surface area contributed by atoms with Crippen LogP contribution in [0.1, 0.15) is 20.8 Å². The Balaban J connectivity index is 2.27. The fourth-order valence-electron chi connectivity index (χ4n) is 1.56. The highest BCUT2D eigenvalue weighted by atomic mass is 35.5. The number of halogens is 3. The van der Waals surface area contributed by atoms with Crippen molar-refractivity contribution in [1.82, 2.24) is 0 Å². The molecule has 5 heteroatoms. The van der Waals surface area contributed by atoms with Gasteiger partial charge in [0.05, 0.1) is 14.9 Å². The zero-order valence-electron chi connectivity index (χ0n) is 9.47. The summed E-state index contributed by atoms with van der Waals surface area (Å²) in [6.07, 6.45) is -0.0356. The van der Waals surface area contributed by atoms with E-state index in [9.17, 15) is 9.18 Å². The van der Waals surface area contributed by atoms with Gasteiger partial charge in [0.25, 0.3) is 0 Å². The smallest absolute Gasteiger partial charge is 0.178 e. The van der Waals surface area contributed by atoms with E-state index >= 15 is 0 Å². The normalized spacial score (nSPS) is 10.7. The first-order valence-electron chi connectivity index (χ1n) is 5.20. The molecular weight excluding hydrogens is 294 g/mol. The maximum Gasteiger partial charge on any atom is 0.178 e. The van der Waals surface area contributed by atoms with Gasteiger partial charge in [-0.05, 0) is 29.5 Å². The van der Waals surface area contributed by atoms with E-state index in [1.807, 2.05) is 12.3 Å². The van der Waals surface area contributed by atoms with Crippen molar-refractivity contribution in [2.45, 2.75) is 13.3 Å². The first kappa shape index (κ1) is 13.5. The molecule has 1 heterocycles. The molecule has 0 saturated heterocycles. The van der Waals surface area contributed by atoms with Crippen LogP contribution in [0.2, 0.25) is 10.0 Å². The summed E-state index contributed by atoms with van der Waals surface area (Å²) in [5.74, 6) is -0.740. The zero-order valence-corrected chi connectivity index (χ0v) is 11.8. The van der Waals surface area contributed by atoms with Gasteiger partial charge in [0.15, 0.2) is 5.78 Å². The van der Waals surface area contributed by atoms with Gasteiger partial charge in [-0.15, -0.1) is 11.3 Å². The van der Waals surface area contributed by atoms with E-state index < -0.39 is 5.82 Å². The fourth-order valence-corrected chi connectivity index (χ4v) is 2.99. The molecule has 0 radical (unpaired) electrons. The number of thiophene rings is 1. The molecule has 0 aliphatic heterocycles. The van der Waals surface area contributed by atoms with Crippen molar-refractivity contribution >= 4 is 40.3 Å². The first-order valence-corrected chi connectivity index (χ1v) is 6.84. The second-order valence-corrected chi connectivity index (χ2v) is 5.54. The molecule has 0 atom stereocenters. The van der Waals surface area contributed by atoms with Gasteiger partial charge in [0, 0.05) is 6.42 Å². The highest BCUT2D eigenvalue weighted by Gasteiger charge is 2.17. The van der Waals surface area contributed by atoms with Gasteiger partial charge in [0.2, 0.25) is 0 Å². The van der Waals surface area contributed by atoms with Crippen molar-refractivity contribution < 1.29 is 9.18 Å². The number of ketones is 1. The molecule has 0 aliphatic carbocycles. The van der Waals surface area contributed by atoms with Crippen molar-refractivity contribution in [2.75, 3.05) is 0 Å². The minimum atomic E-state index is -0.545. The van der Waals surface area contributed by atoms with Gasteiger partial charge in [-0.1, -0.05) is 35.3 Å². The second kappa shape index (κ2) is 5.39. The molecule has 1 nitrogen and oxygen atoms in total. The third-order valence-corrected chi connectivity index (χ3v) is 4.56. The third-order valence-electron chi connectivity index (χ3n) is 2.53. The van der Waals surface area contributed by atoms with E-state index in [2.05, 4.69) is 0 Å². The van der Waals surface area contributed by atoms with Crippen LogP contribution in [-0.4, -0.2) is 5.78 Å². The van der Waals surface area contributed by atoms with Crippen LogP contribution < -0.4 is 0 Å². The summed E-state index contributed by atoms with van der Waals surface area (Å²) < 4.78 is 13.7. The number of Topliss-reactive ketones (excluding diaryl/α,β-unsaturated/α-hetero) is 1. The predicted octanol–water partition coefficient (Wildman–Crippen LogP) is 4.93. The van der Waals surface area contributed by atoms with Crippen molar-refractivity contribution in [3.63, 3.8) is 0 Å². The third kappa shape index (κ3) is 2.58. The largest absolute Gasteiger partial charge is 0.293 e. The van der Waals surface area contributed by atoms with Crippen LogP contribution in [0.5, 0.6) is 0 Å². The summed E-state index contributed by atoms with van der Waals surface area (Å²) in [7, 11) is 0. The van der Waals surface area contributed by atoms with Gasteiger partial charge < -0.3 is 0 Å². The van der Waals surface area contributed by atoms with Crippen LogP contribution in [0.4, 0.5) is 4.39 Å². The Labute approximate surface area is 118 Å². The number of carbonyl (C=O) groups excluding carboxylic acids is 1. The maximum absolute atomic E-state index is 13.7. The number of hydrogen-bond acceptors (Lipinski definition) is 2. The Morgan fingerprint density at radius 1 is 1.39 bits per heavy atom. The van der Waals surface area contributed by atoms with Gasteiger partial charge in [-0.2, -0.15) is 0 Å². The lowest BCUT2D eigenvalue weighted by Gasteiger charge is -2.03. The molecule has 0 saturated carbocycles. The summed E-state index contributed by atoms with van der Waals surface area (Å²) in [6.45, 7) is 1.83. The summed E-state index contributed by atoms with van der Waals surface area (Å²) in [4.78, 5) is 12.5. The molecule has 0 spiro atoms. The predicted molar refractivity (Wildman–Crippen MR) is 73.5 cm³/mol. The molecule has 1 aromatic heterocycles. The van der Waals surface area contributed by atoms with Crippen LogP contribution in [0.15, 0.2) is 23.6 Å². The SMILES string of the molecule is Cc1csc(C(=O)Cc2cccc(Cl)c2F)c1Cl. The number of carbonyl (C=O) groups is 1. The monoisotopic (exact) mass is 302 g/mol. The van der Waals surface area contributed by atoms with Gasteiger partial charge in [-0.25, -0.2) is 4.39 Å². The second-order valence-electron chi connectivity index (χ2n) is 3.87. The average molecular weight is 303 g/mol. The standard InChI is InChI=1S/C13H9Cl2FOS/c1-7-6-18-13(11(7)15)10(17)5-8-3-2-4-9(14)12(8)16/h2-4,6H,5H2,1H3. The van der Waals surface area contributed by atoms with E-state index in [4.69, 9.17) is 23.2 Å². The maximum atomic E-state index is 13.7. The van der Waals surface area contributed by atoms with E-state index in [1.165, 1.54) is 17.4 Å². The molecule has 1 aromatic carbocycles. The molecule has 0 N–H and O–H groups in total. The van der Waals surface area contributed by atoms with Gasteiger partial charge in [-0.3, -0.25) is 4.79 Å². The Morgan fingerprint density at radius 2 is 2.11 bits per heavy atom. The fraction of sp³-hybridized carbons (Fsp3) is 0.154. The Morgan fingerprint density at radius 3 is 2.72 bits per heavy atom. The molecule has 2 rings (SSSR count). The molecular formula is C13H9Cl2FOS. The highest BCUT2D eigenvalue weighted by molar-refractivity contribution is 7.13. The summed E-state index contributed by atoms with van der Waals surface area (Å²) in [5.41, 5.74) is 1.14. The van der Waals surface area contributed by atoms with Gasteiger partial charge in [0.1, 0.15) is 5.82 Å². The van der Waals surface area contributed by atoms with E-state index in [-0.39, 0.29) is 22.8 Å². The van der Waals surface area contributed by atoms with Crippen molar-refractivity contribution in [1.29, 1.82) is 0 Å². The lowest BCUT2D eigenvalue weighted by atomic mass is 10.1. The number of aryl methyl sites for hydroxylation is 1. The van der Waals surface area contributed by atoms with E-state index in [1.54, 1.807) is 12.1 Å². The summed E-state index contributed by atoms with van der Waals surface area (Å²) in [6, 6.07) is 4.62. The van der Waals surface area contributed by atoms with E-state index in [0.717, 1.165) is 5.56 Å². The molecule has 94 valence electrons. The molecule has 2 aromatic rings.